The normalized spacial score (nSPS) is 26.9. The quantitative estimate of drug-likeness (QED) is 0.215. The topological polar surface area (TPSA) is 130 Å². The third kappa shape index (κ3) is 6.40. The molecule has 3 aromatic carbocycles. The maximum atomic E-state index is 15.7. The van der Waals surface area contributed by atoms with Gasteiger partial charge in [0.1, 0.15) is 10.5 Å². The lowest BCUT2D eigenvalue weighted by Crippen LogP contribution is -2.53. The number of nitrogens with one attached hydrogen (secondary N) is 1. The molecular formula is C44H55N5O7S2. The maximum absolute atomic E-state index is 15.7. The Balaban J connectivity index is 0.00000449. The van der Waals surface area contributed by atoms with Crippen LogP contribution in [0.5, 0.6) is 5.75 Å². The van der Waals surface area contributed by atoms with E-state index < -0.39 is 30.9 Å². The first kappa shape index (κ1) is 38.4. The monoisotopic (exact) mass is 829 g/mol. The molecule has 310 valence electrons. The minimum absolute atomic E-state index is 0. The molecule has 2 aliphatic carbocycles. The molecule has 2 saturated carbocycles. The van der Waals surface area contributed by atoms with E-state index >= 15 is 8.42 Å². The van der Waals surface area contributed by atoms with Gasteiger partial charge in [-0.2, -0.15) is 17.0 Å². The number of hydrogen-bond acceptors (Lipinski definition) is 8. The van der Waals surface area contributed by atoms with Gasteiger partial charge in [-0.25, -0.2) is 13.1 Å². The van der Waals surface area contributed by atoms with Crippen LogP contribution in [0.4, 0.5) is 0 Å². The predicted molar refractivity (Wildman–Crippen MR) is 225 cm³/mol. The van der Waals surface area contributed by atoms with Gasteiger partial charge in [0, 0.05) is 81.2 Å². The Kier molecular flexibility index (Phi) is 9.76. The van der Waals surface area contributed by atoms with Crippen LogP contribution in [0.2, 0.25) is 0 Å². The van der Waals surface area contributed by atoms with Crippen molar-refractivity contribution in [3.8, 4) is 17.0 Å². The van der Waals surface area contributed by atoms with Crippen molar-refractivity contribution in [3.05, 3.63) is 89.0 Å². The number of methoxy groups -OCH3 is 1. The van der Waals surface area contributed by atoms with Crippen LogP contribution in [0.1, 0.15) is 91.7 Å². The summed E-state index contributed by atoms with van der Waals surface area (Å²) in [5.74, 6) is 0.294. The number of aromatic nitrogens is 1. The van der Waals surface area contributed by atoms with Gasteiger partial charge in [-0.1, -0.05) is 55.7 Å². The number of carbonyl (C=O) groups is 1. The average molecular weight is 830 g/mol. The molecule has 4 atom stereocenters. The lowest BCUT2D eigenvalue weighted by atomic mass is 9.81. The van der Waals surface area contributed by atoms with Crippen LogP contribution in [0.25, 0.3) is 22.2 Å². The standard InChI is InChI=1S/C44H53N5O7S2.H2/c1-55-34-15-17-35-37(24-34)38-25-44(38,57(51,52)49-18-8-13-33-27-46(28-40(33)49)26-30-9-4-2-5-10-30)29-48-39-23-32(43(50)45-58(53,54)47-19-21-56-22-20-47)14-16-36(39)41(42(35)48)31-11-6-3-7-12-31;/h2,4-5,9-10,14-17,23-24,31,33,38,40H,3,6-8,11-13,18-22,25-29H2,1H3,(H,45,50);1H/t33-,38?,40+,44?;/m0./s1. The molecule has 1 aromatic heterocycles. The smallest absolute Gasteiger partial charge is 0.304 e. The molecular weight excluding hydrogens is 775 g/mol. The third-order valence-electron chi connectivity index (χ3n) is 14.1. The summed E-state index contributed by atoms with van der Waals surface area (Å²) >= 11 is 0. The number of likely N-dealkylation sites (tertiary alicyclic amines) is 1. The van der Waals surface area contributed by atoms with E-state index in [0.717, 1.165) is 79.3 Å². The van der Waals surface area contributed by atoms with Gasteiger partial charge in [0.25, 0.3) is 5.91 Å². The second kappa shape index (κ2) is 14.7. The highest BCUT2D eigenvalue weighted by atomic mass is 32.2. The van der Waals surface area contributed by atoms with Crippen molar-refractivity contribution < 1.29 is 32.5 Å². The molecule has 2 unspecified atom stereocenters. The summed E-state index contributed by atoms with van der Waals surface area (Å²) in [7, 11) is -6.30. The number of hydrogen-bond donors (Lipinski definition) is 1. The second-order valence-electron chi connectivity index (χ2n) is 17.4. The zero-order chi connectivity index (χ0) is 39.8. The minimum atomic E-state index is -4.09. The number of rotatable bonds is 9. The molecule has 5 heterocycles. The number of sulfonamides is 1. The number of ether oxygens (including phenoxy) is 2. The summed E-state index contributed by atoms with van der Waals surface area (Å²) in [4.78, 5) is 16.3. The molecule has 0 radical (unpaired) electrons. The summed E-state index contributed by atoms with van der Waals surface area (Å²) in [5, 5.41) is 0.994. The number of benzene rings is 3. The highest BCUT2D eigenvalue weighted by Crippen LogP contribution is 2.64. The Labute approximate surface area is 343 Å². The van der Waals surface area contributed by atoms with E-state index in [-0.39, 0.29) is 63.6 Å². The minimum Gasteiger partial charge on any atom is -0.497 e. The average Bonchev–Trinajstić information content (AvgIpc) is 3.75. The van der Waals surface area contributed by atoms with Gasteiger partial charge in [0.15, 0.2) is 0 Å². The Bertz CT molecular complexity index is 2470. The molecule has 14 heteroatoms. The Morgan fingerprint density at radius 1 is 0.914 bits per heavy atom. The van der Waals surface area contributed by atoms with Crippen LogP contribution < -0.4 is 9.46 Å². The number of morpholine rings is 1. The predicted octanol–water partition coefficient (Wildman–Crippen LogP) is 6.08. The Morgan fingerprint density at radius 3 is 2.48 bits per heavy atom. The number of amides is 1. The fraction of sp³-hybridized carbons (Fsp3) is 0.523. The largest absolute Gasteiger partial charge is 0.497 e. The van der Waals surface area contributed by atoms with Gasteiger partial charge in [0.05, 0.1) is 26.0 Å². The first-order valence-electron chi connectivity index (χ1n) is 21.1. The fourth-order valence-electron chi connectivity index (χ4n) is 11.2. The van der Waals surface area contributed by atoms with Crippen molar-refractivity contribution in [2.24, 2.45) is 5.92 Å². The molecule has 0 spiro atoms. The van der Waals surface area contributed by atoms with E-state index in [2.05, 4.69) is 50.6 Å². The summed E-state index contributed by atoms with van der Waals surface area (Å²) in [6.07, 6.45) is 7.82. The summed E-state index contributed by atoms with van der Waals surface area (Å²) in [6, 6.07) is 21.9. The number of fused-ring (bicyclic) bond motifs is 8. The van der Waals surface area contributed by atoms with Gasteiger partial charge in [0.2, 0.25) is 10.0 Å². The highest BCUT2D eigenvalue weighted by Gasteiger charge is 2.68. The molecule has 0 bridgehead atoms. The van der Waals surface area contributed by atoms with E-state index in [9.17, 15) is 13.2 Å². The Hall–Kier alpha value is -3.79. The lowest BCUT2D eigenvalue weighted by molar-refractivity contribution is 0.0719. The molecule has 6 aliphatic rings. The fourth-order valence-corrected chi connectivity index (χ4v) is 14.9. The SMILES string of the molecule is COc1ccc2c(c1)C1CC1(S(=O)(=O)N1CCC[C@H]3CN(Cc4ccccc4)C[C@H]31)Cn1c-2c(C2CCCCC2)c2ccc(C(=O)NS(=O)(=O)N3CCOCC3)cc21.[HH]. The van der Waals surface area contributed by atoms with E-state index in [1.54, 1.807) is 19.2 Å². The van der Waals surface area contributed by atoms with Gasteiger partial charge in [-0.15, -0.1) is 0 Å². The molecule has 4 aromatic rings. The summed E-state index contributed by atoms with van der Waals surface area (Å²) < 4.78 is 75.6. The van der Waals surface area contributed by atoms with Crippen LogP contribution in [0.15, 0.2) is 66.7 Å². The molecule has 3 saturated heterocycles. The van der Waals surface area contributed by atoms with Crippen LogP contribution in [0, 0.1) is 5.92 Å². The van der Waals surface area contributed by atoms with E-state index in [0.29, 0.717) is 25.3 Å². The molecule has 12 nitrogen and oxygen atoms in total. The van der Waals surface area contributed by atoms with Crippen LogP contribution >= 0.6 is 0 Å². The van der Waals surface area contributed by atoms with Crippen molar-refractivity contribution in [1.29, 1.82) is 0 Å². The van der Waals surface area contributed by atoms with Crippen LogP contribution in [0.3, 0.4) is 0 Å². The molecule has 4 aliphatic heterocycles. The highest BCUT2D eigenvalue weighted by molar-refractivity contribution is 7.91. The van der Waals surface area contributed by atoms with E-state index in [1.807, 2.05) is 22.5 Å². The summed E-state index contributed by atoms with van der Waals surface area (Å²) in [6.45, 7) is 4.02. The second-order valence-corrected chi connectivity index (χ2v) is 21.3. The first-order chi connectivity index (χ1) is 28.1. The van der Waals surface area contributed by atoms with Crippen molar-refractivity contribution in [3.63, 3.8) is 0 Å². The van der Waals surface area contributed by atoms with E-state index in [1.165, 1.54) is 21.9 Å². The molecule has 10 rings (SSSR count). The molecule has 1 amide bonds. The van der Waals surface area contributed by atoms with Crippen molar-refractivity contribution in [1.82, 2.24) is 22.8 Å². The number of nitrogens with zero attached hydrogens (tertiary/aromatic N) is 4. The Morgan fingerprint density at radius 2 is 1.71 bits per heavy atom. The van der Waals surface area contributed by atoms with E-state index in [4.69, 9.17) is 9.47 Å². The first-order valence-corrected chi connectivity index (χ1v) is 24.0. The summed E-state index contributed by atoms with van der Waals surface area (Å²) in [5.41, 5.74) is 6.46. The zero-order valence-electron chi connectivity index (χ0n) is 33.1. The lowest BCUT2D eigenvalue weighted by Gasteiger charge is -2.38. The van der Waals surface area contributed by atoms with Gasteiger partial charge in [-0.05, 0) is 91.0 Å². The van der Waals surface area contributed by atoms with Gasteiger partial charge in [-0.3, -0.25) is 9.69 Å². The van der Waals surface area contributed by atoms with Gasteiger partial charge < -0.3 is 14.0 Å². The maximum Gasteiger partial charge on any atom is 0.304 e. The zero-order valence-corrected chi connectivity index (χ0v) is 34.8. The van der Waals surface area contributed by atoms with Crippen molar-refractivity contribution in [2.75, 3.05) is 53.0 Å². The third-order valence-corrected chi connectivity index (χ3v) is 18.3. The van der Waals surface area contributed by atoms with Crippen LogP contribution in [-0.4, -0.2) is 105 Å². The molecule has 5 fully saturated rings. The van der Waals surface area contributed by atoms with Crippen molar-refractivity contribution >= 4 is 37.0 Å². The molecule has 58 heavy (non-hydrogen) atoms. The van der Waals surface area contributed by atoms with Crippen molar-refractivity contribution in [2.45, 2.75) is 87.1 Å². The molecule has 1 N–H and O–H groups in total. The van der Waals surface area contributed by atoms with Gasteiger partial charge >= 0.3 is 10.2 Å². The number of piperidine rings is 1. The van der Waals surface area contributed by atoms with Crippen LogP contribution in [-0.2, 0) is 38.1 Å². The number of carbonyl (C=O) groups excluding carboxylic acids is 1.